The summed E-state index contributed by atoms with van der Waals surface area (Å²) in [5, 5.41) is 17.1. The first-order chi connectivity index (χ1) is 19.6. The van der Waals surface area contributed by atoms with Gasteiger partial charge < -0.3 is 20.1 Å². The van der Waals surface area contributed by atoms with Crippen molar-refractivity contribution in [3.8, 4) is 17.6 Å². The number of dihydropyridines is 1. The highest BCUT2D eigenvalue weighted by atomic mass is 32.2. The highest BCUT2D eigenvalue weighted by Gasteiger charge is 2.37. The topological polar surface area (TPSA) is 100 Å². The lowest BCUT2D eigenvalue weighted by molar-refractivity contribution is -0.116. The van der Waals surface area contributed by atoms with Gasteiger partial charge in [0.1, 0.15) is 18.1 Å². The molecule has 5 rings (SSSR count). The van der Waals surface area contributed by atoms with E-state index in [-0.39, 0.29) is 17.4 Å². The zero-order chi connectivity index (χ0) is 27.9. The predicted octanol–water partition coefficient (Wildman–Crippen LogP) is 6.08. The number of nitriles is 1. The van der Waals surface area contributed by atoms with Crippen LogP contribution in [0.2, 0.25) is 0 Å². The van der Waals surface area contributed by atoms with E-state index in [0.29, 0.717) is 46.4 Å². The van der Waals surface area contributed by atoms with E-state index in [9.17, 15) is 14.9 Å². The third kappa shape index (κ3) is 6.22. The molecule has 1 amide bonds. The molecule has 0 aromatic heterocycles. The second-order valence-electron chi connectivity index (χ2n) is 9.49. The molecule has 202 valence electrons. The monoisotopic (exact) mass is 551 g/mol. The summed E-state index contributed by atoms with van der Waals surface area (Å²) in [5.41, 5.74) is 4.49. The number of nitrogens with one attached hydrogen (secondary N) is 2. The molecule has 1 aliphatic carbocycles. The van der Waals surface area contributed by atoms with Gasteiger partial charge in [0.15, 0.2) is 5.78 Å². The van der Waals surface area contributed by atoms with E-state index in [1.54, 1.807) is 31.4 Å². The molecular weight excluding hydrogens is 522 g/mol. The lowest BCUT2D eigenvalue weighted by Crippen LogP contribution is -2.31. The van der Waals surface area contributed by atoms with Crippen molar-refractivity contribution in [2.75, 3.05) is 18.2 Å². The van der Waals surface area contributed by atoms with Crippen LogP contribution in [0.5, 0.6) is 11.5 Å². The molecular formula is C32H29N3O4S. The molecule has 0 fully saturated rings. The zero-order valence-electron chi connectivity index (χ0n) is 22.1. The van der Waals surface area contributed by atoms with Crippen molar-refractivity contribution in [3.05, 3.63) is 112 Å². The fourth-order valence-electron chi connectivity index (χ4n) is 4.88. The molecule has 0 bridgehead atoms. The Hall–Kier alpha value is -4.48. The average Bonchev–Trinajstić information content (AvgIpc) is 2.99. The number of nitrogens with zero attached hydrogens (tertiary/aromatic N) is 1. The van der Waals surface area contributed by atoms with Crippen LogP contribution >= 0.6 is 11.8 Å². The van der Waals surface area contributed by atoms with Gasteiger partial charge >= 0.3 is 0 Å². The first-order valence-electron chi connectivity index (χ1n) is 13.1. The summed E-state index contributed by atoms with van der Waals surface area (Å²) >= 11 is 1.27. The van der Waals surface area contributed by atoms with Crippen LogP contribution in [0.15, 0.2) is 101 Å². The molecule has 1 atom stereocenters. The molecule has 3 aromatic carbocycles. The number of hydrogen-bond acceptors (Lipinski definition) is 7. The van der Waals surface area contributed by atoms with Crippen LogP contribution in [0.4, 0.5) is 5.69 Å². The van der Waals surface area contributed by atoms with Gasteiger partial charge in [-0.05, 0) is 60.4 Å². The fourth-order valence-corrected chi connectivity index (χ4v) is 5.74. The Kier molecular flexibility index (Phi) is 8.53. The van der Waals surface area contributed by atoms with E-state index in [1.165, 1.54) is 11.8 Å². The van der Waals surface area contributed by atoms with Gasteiger partial charge in [-0.2, -0.15) is 5.26 Å². The Balaban J connectivity index is 1.35. The van der Waals surface area contributed by atoms with Crippen LogP contribution < -0.4 is 20.1 Å². The maximum absolute atomic E-state index is 13.1. The van der Waals surface area contributed by atoms with E-state index in [0.717, 1.165) is 29.7 Å². The Morgan fingerprint density at radius 2 is 1.75 bits per heavy atom. The number of carbonyl (C=O) groups excluding carboxylic acids is 2. The molecule has 40 heavy (non-hydrogen) atoms. The second kappa shape index (κ2) is 12.6. The van der Waals surface area contributed by atoms with Gasteiger partial charge in [0.25, 0.3) is 0 Å². The number of allylic oxidation sites excluding steroid dienone is 3. The minimum atomic E-state index is -0.496. The Morgan fingerprint density at radius 1 is 1.02 bits per heavy atom. The van der Waals surface area contributed by atoms with Gasteiger partial charge in [-0.15, -0.1) is 0 Å². The lowest BCUT2D eigenvalue weighted by atomic mass is 9.77. The van der Waals surface area contributed by atoms with Crippen molar-refractivity contribution in [2.24, 2.45) is 0 Å². The van der Waals surface area contributed by atoms with Crippen molar-refractivity contribution in [1.29, 1.82) is 5.26 Å². The number of anilines is 1. The largest absolute Gasteiger partial charge is 0.497 e. The van der Waals surface area contributed by atoms with E-state index in [4.69, 9.17) is 9.47 Å². The molecule has 1 aliphatic heterocycles. The van der Waals surface area contributed by atoms with Gasteiger partial charge in [-0.25, -0.2) is 0 Å². The third-order valence-corrected chi connectivity index (χ3v) is 7.86. The van der Waals surface area contributed by atoms with E-state index >= 15 is 0 Å². The number of methoxy groups -OCH3 is 1. The van der Waals surface area contributed by atoms with Crippen LogP contribution in [0.1, 0.15) is 36.3 Å². The molecule has 2 aliphatic rings. The minimum Gasteiger partial charge on any atom is -0.497 e. The Bertz CT molecular complexity index is 1490. The highest BCUT2D eigenvalue weighted by molar-refractivity contribution is 8.03. The van der Waals surface area contributed by atoms with E-state index in [2.05, 4.69) is 16.7 Å². The number of rotatable bonds is 9. The van der Waals surface area contributed by atoms with Crippen molar-refractivity contribution >= 4 is 29.1 Å². The molecule has 0 spiro atoms. The van der Waals surface area contributed by atoms with Crippen molar-refractivity contribution in [2.45, 2.75) is 31.8 Å². The van der Waals surface area contributed by atoms with Crippen LogP contribution in [-0.4, -0.2) is 24.6 Å². The number of amides is 1. The molecule has 2 N–H and O–H groups in total. The van der Waals surface area contributed by atoms with Crippen molar-refractivity contribution in [3.63, 3.8) is 0 Å². The maximum Gasteiger partial charge on any atom is 0.234 e. The Morgan fingerprint density at radius 3 is 2.45 bits per heavy atom. The molecule has 1 heterocycles. The first kappa shape index (κ1) is 27.1. The summed E-state index contributed by atoms with van der Waals surface area (Å²) in [4.78, 5) is 25.8. The van der Waals surface area contributed by atoms with Gasteiger partial charge in [-0.1, -0.05) is 54.2 Å². The van der Waals surface area contributed by atoms with Crippen LogP contribution in [0.25, 0.3) is 0 Å². The molecule has 1 unspecified atom stereocenters. The maximum atomic E-state index is 13.1. The smallest absolute Gasteiger partial charge is 0.234 e. The lowest BCUT2D eigenvalue weighted by Gasteiger charge is -2.33. The number of benzene rings is 3. The molecule has 0 saturated heterocycles. The number of ketones is 1. The summed E-state index contributed by atoms with van der Waals surface area (Å²) in [7, 11) is 1.59. The number of carbonyl (C=O) groups is 2. The fraction of sp³-hybridized carbons (Fsp3) is 0.219. The van der Waals surface area contributed by atoms with E-state index < -0.39 is 5.92 Å². The zero-order valence-corrected chi connectivity index (χ0v) is 22.9. The standard InChI is InChI=1S/C32H29N3O4S/c1-38-24-16-12-23(13-17-24)34-29(37)20-40-32-26(18-33)30(31-27(35-32)8-5-9-28(31)36)22-10-14-25(15-11-22)39-19-21-6-3-2-4-7-21/h2-4,6-7,10-17,30,35H,5,8-9,19-20H2,1H3,(H,34,37). The van der Waals surface area contributed by atoms with Gasteiger partial charge in [0.05, 0.1) is 35.5 Å². The molecule has 0 radical (unpaired) electrons. The average molecular weight is 552 g/mol. The molecule has 7 nitrogen and oxygen atoms in total. The summed E-state index contributed by atoms with van der Waals surface area (Å²) in [6, 6.07) is 26.9. The molecule has 0 saturated carbocycles. The quantitative estimate of drug-likeness (QED) is 0.333. The first-order valence-corrected chi connectivity index (χ1v) is 14.0. The van der Waals surface area contributed by atoms with E-state index in [1.807, 2.05) is 54.6 Å². The van der Waals surface area contributed by atoms with Gasteiger partial charge in [0.2, 0.25) is 5.91 Å². The molecule has 8 heteroatoms. The second-order valence-corrected chi connectivity index (χ2v) is 10.5. The summed E-state index contributed by atoms with van der Waals surface area (Å²) in [6.07, 6.45) is 1.93. The summed E-state index contributed by atoms with van der Waals surface area (Å²) in [5.74, 6) is 0.877. The minimum absolute atomic E-state index is 0.0530. The number of Topliss-reactive ketones (excluding diaryl/α,β-unsaturated/α-hetero) is 1. The van der Waals surface area contributed by atoms with Crippen molar-refractivity contribution in [1.82, 2.24) is 5.32 Å². The van der Waals surface area contributed by atoms with Crippen LogP contribution in [-0.2, 0) is 16.2 Å². The predicted molar refractivity (Wildman–Crippen MR) is 156 cm³/mol. The number of hydrogen-bond donors (Lipinski definition) is 2. The summed E-state index contributed by atoms with van der Waals surface area (Å²) < 4.78 is 11.1. The van der Waals surface area contributed by atoms with Gasteiger partial charge in [-0.3, -0.25) is 9.59 Å². The summed E-state index contributed by atoms with van der Waals surface area (Å²) in [6.45, 7) is 0.448. The normalized spacial score (nSPS) is 16.5. The number of thioether (sulfide) groups is 1. The third-order valence-electron chi connectivity index (χ3n) is 6.85. The highest BCUT2D eigenvalue weighted by Crippen LogP contribution is 2.44. The Labute approximate surface area is 237 Å². The van der Waals surface area contributed by atoms with Gasteiger partial charge in [0, 0.05) is 23.4 Å². The SMILES string of the molecule is COc1ccc(NC(=O)CSC2=C(C#N)C(c3ccc(OCc4ccccc4)cc3)C3=C(CCCC3=O)N2)cc1. The van der Waals surface area contributed by atoms with Crippen molar-refractivity contribution < 1.29 is 19.1 Å². The van der Waals surface area contributed by atoms with Crippen LogP contribution in [0.3, 0.4) is 0 Å². The molecule has 3 aromatic rings. The van der Waals surface area contributed by atoms with Crippen LogP contribution in [0, 0.1) is 11.3 Å². The number of ether oxygens (including phenoxy) is 2.